The Labute approximate surface area is 81.0 Å². The number of rotatable bonds is 5. The molecular formula is C10H22N2O. The second-order valence-corrected chi connectivity index (χ2v) is 4.12. The molecule has 3 N–H and O–H groups in total. The third kappa shape index (κ3) is 3.25. The van der Waals surface area contributed by atoms with Gasteiger partial charge in [-0.1, -0.05) is 6.92 Å². The van der Waals surface area contributed by atoms with Gasteiger partial charge in [0.1, 0.15) is 0 Å². The van der Waals surface area contributed by atoms with Crippen LogP contribution in [-0.2, 0) is 4.74 Å². The van der Waals surface area contributed by atoms with Crippen molar-refractivity contribution in [3.63, 3.8) is 0 Å². The Kier molecular flexibility index (Phi) is 4.16. The molecule has 0 aromatic carbocycles. The summed E-state index contributed by atoms with van der Waals surface area (Å²) in [7, 11) is 0. The van der Waals surface area contributed by atoms with Gasteiger partial charge in [0.25, 0.3) is 0 Å². The molecule has 0 saturated carbocycles. The van der Waals surface area contributed by atoms with E-state index in [0.717, 1.165) is 19.6 Å². The minimum atomic E-state index is 0.0581. The number of hydrogen-bond donors (Lipinski definition) is 2. The van der Waals surface area contributed by atoms with Crippen LogP contribution in [0, 0.1) is 0 Å². The highest BCUT2D eigenvalue weighted by Crippen LogP contribution is 2.23. The van der Waals surface area contributed by atoms with Crippen molar-refractivity contribution in [1.82, 2.24) is 5.32 Å². The molecule has 13 heavy (non-hydrogen) atoms. The Morgan fingerprint density at radius 3 is 2.85 bits per heavy atom. The zero-order chi connectivity index (χ0) is 9.73. The van der Waals surface area contributed by atoms with E-state index in [9.17, 15) is 0 Å². The summed E-state index contributed by atoms with van der Waals surface area (Å²) in [5.74, 6) is 0. The molecule has 1 rings (SSSR count). The van der Waals surface area contributed by atoms with Crippen LogP contribution in [0.25, 0.3) is 0 Å². The summed E-state index contributed by atoms with van der Waals surface area (Å²) in [5, 5.41) is 3.45. The van der Waals surface area contributed by atoms with E-state index in [1.54, 1.807) is 0 Å². The van der Waals surface area contributed by atoms with Crippen molar-refractivity contribution in [2.75, 3.05) is 19.7 Å². The summed E-state index contributed by atoms with van der Waals surface area (Å²) in [6.07, 6.45) is 3.45. The van der Waals surface area contributed by atoms with Gasteiger partial charge < -0.3 is 15.8 Å². The van der Waals surface area contributed by atoms with Crippen molar-refractivity contribution in [1.29, 1.82) is 0 Å². The first-order chi connectivity index (χ1) is 6.20. The molecule has 1 saturated heterocycles. The lowest BCUT2D eigenvalue weighted by Crippen LogP contribution is -2.44. The molecule has 78 valence electrons. The summed E-state index contributed by atoms with van der Waals surface area (Å²) in [6.45, 7) is 6.89. The fraction of sp³-hybridized carbons (Fsp3) is 1.00. The van der Waals surface area contributed by atoms with E-state index in [-0.39, 0.29) is 5.60 Å². The van der Waals surface area contributed by atoms with Gasteiger partial charge in [0.2, 0.25) is 0 Å². The predicted octanol–water partition coefficient (Wildman–Crippen LogP) is 0.882. The van der Waals surface area contributed by atoms with Crippen LogP contribution in [0.15, 0.2) is 0 Å². The summed E-state index contributed by atoms with van der Waals surface area (Å²) in [5.41, 5.74) is 5.67. The largest absolute Gasteiger partial charge is 0.374 e. The second-order valence-electron chi connectivity index (χ2n) is 4.12. The van der Waals surface area contributed by atoms with Crippen LogP contribution in [0.4, 0.5) is 0 Å². The van der Waals surface area contributed by atoms with Gasteiger partial charge in [0.05, 0.1) is 5.60 Å². The lowest BCUT2D eigenvalue weighted by molar-refractivity contribution is 0.0188. The normalized spacial score (nSPS) is 30.7. The van der Waals surface area contributed by atoms with Crippen LogP contribution in [-0.4, -0.2) is 31.3 Å². The average Bonchev–Trinajstić information content (AvgIpc) is 2.55. The molecular weight excluding hydrogens is 164 g/mol. The van der Waals surface area contributed by atoms with Crippen molar-refractivity contribution >= 4 is 0 Å². The Hall–Kier alpha value is -0.120. The Morgan fingerprint density at radius 1 is 1.62 bits per heavy atom. The lowest BCUT2D eigenvalue weighted by Gasteiger charge is -2.26. The summed E-state index contributed by atoms with van der Waals surface area (Å²) in [6, 6.07) is 0.445. The molecule has 1 fully saturated rings. The molecule has 2 atom stereocenters. The van der Waals surface area contributed by atoms with Gasteiger partial charge in [-0.25, -0.2) is 0 Å². The Morgan fingerprint density at radius 2 is 2.38 bits per heavy atom. The SMILES string of the molecule is CCC(CN)NCC1(C)CCCO1. The fourth-order valence-corrected chi connectivity index (χ4v) is 1.73. The minimum Gasteiger partial charge on any atom is -0.374 e. The van der Waals surface area contributed by atoms with Crippen molar-refractivity contribution in [3.8, 4) is 0 Å². The van der Waals surface area contributed by atoms with Crippen molar-refractivity contribution in [2.24, 2.45) is 5.73 Å². The van der Waals surface area contributed by atoms with Crippen LogP contribution in [0.1, 0.15) is 33.1 Å². The molecule has 0 amide bonds. The minimum absolute atomic E-state index is 0.0581. The van der Waals surface area contributed by atoms with E-state index >= 15 is 0 Å². The molecule has 1 heterocycles. The number of nitrogens with two attached hydrogens (primary N) is 1. The zero-order valence-electron chi connectivity index (χ0n) is 8.81. The van der Waals surface area contributed by atoms with Gasteiger partial charge in [-0.3, -0.25) is 0 Å². The third-order valence-corrected chi connectivity index (χ3v) is 2.84. The third-order valence-electron chi connectivity index (χ3n) is 2.84. The molecule has 0 radical (unpaired) electrons. The fourth-order valence-electron chi connectivity index (χ4n) is 1.73. The number of hydrogen-bond acceptors (Lipinski definition) is 3. The van der Waals surface area contributed by atoms with E-state index < -0.39 is 0 Å². The van der Waals surface area contributed by atoms with Gasteiger partial charge in [0, 0.05) is 25.7 Å². The molecule has 2 unspecified atom stereocenters. The predicted molar refractivity (Wildman–Crippen MR) is 54.7 cm³/mol. The molecule has 0 spiro atoms. The Bertz CT molecular complexity index is 140. The molecule has 3 heteroatoms. The highest BCUT2D eigenvalue weighted by Gasteiger charge is 2.29. The maximum Gasteiger partial charge on any atom is 0.0779 e. The van der Waals surface area contributed by atoms with Crippen molar-refractivity contribution < 1.29 is 4.74 Å². The lowest BCUT2D eigenvalue weighted by atomic mass is 10.0. The monoisotopic (exact) mass is 186 g/mol. The van der Waals surface area contributed by atoms with Gasteiger partial charge >= 0.3 is 0 Å². The van der Waals surface area contributed by atoms with Crippen LogP contribution >= 0.6 is 0 Å². The first-order valence-corrected chi connectivity index (χ1v) is 5.27. The molecule has 0 aliphatic carbocycles. The summed E-state index contributed by atoms with van der Waals surface area (Å²) < 4.78 is 5.68. The van der Waals surface area contributed by atoms with Gasteiger partial charge in [-0.2, -0.15) is 0 Å². The Balaban J connectivity index is 2.23. The maximum absolute atomic E-state index is 5.68. The van der Waals surface area contributed by atoms with E-state index in [1.807, 2.05) is 0 Å². The topological polar surface area (TPSA) is 47.3 Å². The van der Waals surface area contributed by atoms with Crippen LogP contribution < -0.4 is 11.1 Å². The molecule has 0 aromatic heterocycles. The van der Waals surface area contributed by atoms with Crippen LogP contribution in [0.3, 0.4) is 0 Å². The van der Waals surface area contributed by atoms with Gasteiger partial charge in [-0.15, -0.1) is 0 Å². The molecule has 0 aromatic rings. The maximum atomic E-state index is 5.68. The van der Waals surface area contributed by atoms with Gasteiger partial charge in [0.15, 0.2) is 0 Å². The highest BCUT2D eigenvalue weighted by atomic mass is 16.5. The number of nitrogens with one attached hydrogen (secondary N) is 1. The number of ether oxygens (including phenoxy) is 1. The van der Waals surface area contributed by atoms with Crippen molar-refractivity contribution in [2.45, 2.75) is 44.8 Å². The first-order valence-electron chi connectivity index (χ1n) is 5.27. The summed E-state index contributed by atoms with van der Waals surface area (Å²) >= 11 is 0. The first kappa shape index (κ1) is 11.0. The van der Waals surface area contributed by atoms with Gasteiger partial charge in [-0.05, 0) is 26.2 Å². The highest BCUT2D eigenvalue weighted by molar-refractivity contribution is 4.84. The van der Waals surface area contributed by atoms with Crippen LogP contribution in [0.2, 0.25) is 0 Å². The molecule has 3 nitrogen and oxygen atoms in total. The van der Waals surface area contributed by atoms with E-state index in [4.69, 9.17) is 10.5 Å². The van der Waals surface area contributed by atoms with E-state index in [1.165, 1.54) is 12.8 Å². The average molecular weight is 186 g/mol. The van der Waals surface area contributed by atoms with Crippen molar-refractivity contribution in [3.05, 3.63) is 0 Å². The molecule has 1 aliphatic heterocycles. The standard InChI is InChI=1S/C10H22N2O/c1-3-9(7-11)12-8-10(2)5-4-6-13-10/h9,12H,3-8,11H2,1-2H3. The quantitative estimate of drug-likeness (QED) is 0.670. The molecule has 1 aliphatic rings. The molecule has 0 bridgehead atoms. The summed E-state index contributed by atoms with van der Waals surface area (Å²) in [4.78, 5) is 0. The van der Waals surface area contributed by atoms with Crippen LogP contribution in [0.5, 0.6) is 0 Å². The zero-order valence-corrected chi connectivity index (χ0v) is 8.81. The van der Waals surface area contributed by atoms with E-state index in [0.29, 0.717) is 12.6 Å². The van der Waals surface area contributed by atoms with E-state index in [2.05, 4.69) is 19.2 Å². The second kappa shape index (κ2) is 4.94. The smallest absolute Gasteiger partial charge is 0.0779 e.